The topological polar surface area (TPSA) is 21.3 Å². The number of nitrogens with one attached hydrogen (secondary N) is 1. The van der Waals surface area contributed by atoms with E-state index in [2.05, 4.69) is 41.3 Å². The predicted molar refractivity (Wildman–Crippen MR) is 72.3 cm³/mol. The van der Waals surface area contributed by atoms with Gasteiger partial charge in [0.15, 0.2) is 0 Å². The van der Waals surface area contributed by atoms with Crippen molar-refractivity contribution in [3.63, 3.8) is 0 Å². The molecule has 2 unspecified atom stereocenters. The summed E-state index contributed by atoms with van der Waals surface area (Å²) in [4.78, 5) is 0. The lowest BCUT2D eigenvalue weighted by Crippen LogP contribution is -2.40. The molecule has 0 aliphatic carbocycles. The Hall–Kier alpha value is -0.510. The zero-order chi connectivity index (χ0) is 11.5. The molecule has 1 aromatic rings. The summed E-state index contributed by atoms with van der Waals surface area (Å²) in [5.41, 5.74) is 2.79. The van der Waals surface area contributed by atoms with Gasteiger partial charge in [-0.25, -0.2) is 0 Å². The highest BCUT2D eigenvalue weighted by atomic mass is 32.2. The van der Waals surface area contributed by atoms with Gasteiger partial charge in [-0.2, -0.15) is 11.8 Å². The first-order valence-corrected chi connectivity index (χ1v) is 7.58. The summed E-state index contributed by atoms with van der Waals surface area (Å²) in [5, 5.41) is 3.77. The summed E-state index contributed by atoms with van der Waals surface area (Å²) in [7, 11) is 0. The lowest BCUT2D eigenvalue weighted by molar-refractivity contribution is 0.0788. The van der Waals surface area contributed by atoms with Gasteiger partial charge < -0.3 is 10.1 Å². The first-order valence-electron chi connectivity index (χ1n) is 6.43. The molecule has 0 bridgehead atoms. The lowest BCUT2D eigenvalue weighted by atomic mass is 9.98. The molecule has 1 fully saturated rings. The zero-order valence-electron chi connectivity index (χ0n) is 10.0. The van der Waals surface area contributed by atoms with Crippen LogP contribution in [0.1, 0.15) is 30.0 Å². The molecule has 1 saturated heterocycles. The highest BCUT2D eigenvalue weighted by molar-refractivity contribution is 7.99. The number of thioether (sulfide) groups is 1. The van der Waals surface area contributed by atoms with E-state index in [1.54, 1.807) is 0 Å². The monoisotopic (exact) mass is 249 g/mol. The van der Waals surface area contributed by atoms with Crippen LogP contribution in [-0.2, 0) is 11.3 Å². The van der Waals surface area contributed by atoms with E-state index >= 15 is 0 Å². The molecule has 0 amide bonds. The summed E-state index contributed by atoms with van der Waals surface area (Å²) in [6.45, 7) is 1.59. The average molecular weight is 249 g/mol. The van der Waals surface area contributed by atoms with Gasteiger partial charge in [0, 0.05) is 11.8 Å². The van der Waals surface area contributed by atoms with Gasteiger partial charge in [-0.05, 0) is 29.7 Å². The minimum absolute atomic E-state index is 0.392. The number of benzene rings is 1. The van der Waals surface area contributed by atoms with Crippen molar-refractivity contribution in [2.75, 3.05) is 18.1 Å². The van der Waals surface area contributed by atoms with Crippen LogP contribution < -0.4 is 5.32 Å². The lowest BCUT2D eigenvalue weighted by Gasteiger charge is -2.32. The second-order valence-corrected chi connectivity index (χ2v) is 6.00. The van der Waals surface area contributed by atoms with E-state index in [-0.39, 0.29) is 0 Å². The van der Waals surface area contributed by atoms with Crippen molar-refractivity contribution in [1.29, 1.82) is 0 Å². The molecule has 17 heavy (non-hydrogen) atoms. The fourth-order valence-electron chi connectivity index (χ4n) is 2.68. The second kappa shape index (κ2) is 5.42. The maximum Gasteiger partial charge on any atom is 0.0721 e. The van der Waals surface area contributed by atoms with E-state index in [1.165, 1.54) is 35.5 Å². The number of hydrogen-bond donors (Lipinski definition) is 1. The van der Waals surface area contributed by atoms with Crippen molar-refractivity contribution in [1.82, 2.24) is 5.32 Å². The maximum absolute atomic E-state index is 5.68. The van der Waals surface area contributed by atoms with Crippen molar-refractivity contribution in [2.45, 2.75) is 31.5 Å². The van der Waals surface area contributed by atoms with Crippen LogP contribution in [0.4, 0.5) is 0 Å². The minimum Gasteiger partial charge on any atom is -0.375 e. The van der Waals surface area contributed by atoms with Gasteiger partial charge in [0.25, 0.3) is 0 Å². The van der Waals surface area contributed by atoms with Crippen LogP contribution in [0, 0.1) is 0 Å². The highest BCUT2D eigenvalue weighted by Crippen LogP contribution is 2.27. The molecule has 2 atom stereocenters. The number of hydrogen-bond acceptors (Lipinski definition) is 3. The third kappa shape index (κ3) is 2.67. The fraction of sp³-hybridized carbons (Fsp3) is 0.571. The van der Waals surface area contributed by atoms with Gasteiger partial charge in [-0.15, -0.1) is 0 Å². The molecule has 2 aliphatic rings. The Morgan fingerprint density at radius 3 is 3.12 bits per heavy atom. The van der Waals surface area contributed by atoms with Crippen LogP contribution in [0.3, 0.4) is 0 Å². The van der Waals surface area contributed by atoms with Gasteiger partial charge >= 0.3 is 0 Å². The first kappa shape index (κ1) is 11.6. The molecular weight excluding hydrogens is 230 g/mol. The molecule has 2 heterocycles. The Labute approximate surface area is 107 Å². The predicted octanol–water partition coefficient (Wildman–Crippen LogP) is 2.74. The molecule has 0 aromatic heterocycles. The van der Waals surface area contributed by atoms with Gasteiger partial charge in [0.2, 0.25) is 0 Å². The first-order chi connectivity index (χ1) is 8.43. The van der Waals surface area contributed by atoms with Gasteiger partial charge in [-0.1, -0.05) is 24.3 Å². The number of rotatable bonds is 2. The van der Waals surface area contributed by atoms with Gasteiger partial charge in [-0.3, -0.25) is 0 Å². The SMILES string of the molecule is c1ccc2c(c1)COCC2NC1CCCSC1. The van der Waals surface area contributed by atoms with Crippen molar-refractivity contribution in [3.8, 4) is 0 Å². The molecule has 0 saturated carbocycles. The Morgan fingerprint density at radius 1 is 1.29 bits per heavy atom. The summed E-state index contributed by atoms with van der Waals surface area (Å²) in [5.74, 6) is 2.58. The van der Waals surface area contributed by atoms with Gasteiger partial charge in [0.05, 0.1) is 19.3 Å². The summed E-state index contributed by atoms with van der Waals surface area (Å²) in [6.07, 6.45) is 2.66. The molecular formula is C14H19NOS. The molecule has 1 N–H and O–H groups in total. The molecule has 3 heteroatoms. The molecule has 0 radical (unpaired) electrons. The largest absolute Gasteiger partial charge is 0.375 e. The second-order valence-electron chi connectivity index (χ2n) is 4.85. The van der Waals surface area contributed by atoms with E-state index in [0.29, 0.717) is 12.1 Å². The fourth-order valence-corrected chi connectivity index (χ4v) is 3.76. The molecule has 2 nitrogen and oxygen atoms in total. The summed E-state index contributed by atoms with van der Waals surface area (Å²) in [6, 6.07) is 9.71. The van der Waals surface area contributed by atoms with E-state index in [0.717, 1.165) is 13.2 Å². The van der Waals surface area contributed by atoms with Gasteiger partial charge in [0.1, 0.15) is 0 Å². The smallest absolute Gasteiger partial charge is 0.0721 e. The van der Waals surface area contributed by atoms with Crippen LogP contribution >= 0.6 is 11.8 Å². The minimum atomic E-state index is 0.392. The van der Waals surface area contributed by atoms with Crippen LogP contribution in [0.2, 0.25) is 0 Å². The van der Waals surface area contributed by atoms with Crippen LogP contribution in [-0.4, -0.2) is 24.2 Å². The van der Waals surface area contributed by atoms with E-state index < -0.39 is 0 Å². The Kier molecular flexibility index (Phi) is 3.69. The van der Waals surface area contributed by atoms with Crippen molar-refractivity contribution in [2.24, 2.45) is 0 Å². The van der Waals surface area contributed by atoms with Crippen LogP contribution in [0.25, 0.3) is 0 Å². The summed E-state index contributed by atoms with van der Waals surface area (Å²) < 4.78 is 5.68. The van der Waals surface area contributed by atoms with E-state index in [1.807, 2.05) is 0 Å². The third-order valence-corrected chi connectivity index (χ3v) is 4.79. The number of ether oxygens (including phenoxy) is 1. The quantitative estimate of drug-likeness (QED) is 0.871. The summed E-state index contributed by atoms with van der Waals surface area (Å²) >= 11 is 2.07. The molecule has 3 rings (SSSR count). The van der Waals surface area contributed by atoms with Crippen molar-refractivity contribution < 1.29 is 4.74 Å². The van der Waals surface area contributed by atoms with Crippen LogP contribution in [0.5, 0.6) is 0 Å². The van der Waals surface area contributed by atoms with E-state index in [4.69, 9.17) is 4.74 Å². The zero-order valence-corrected chi connectivity index (χ0v) is 10.8. The Morgan fingerprint density at radius 2 is 2.24 bits per heavy atom. The normalized spacial score (nSPS) is 28.7. The molecule has 1 aromatic carbocycles. The molecule has 2 aliphatic heterocycles. The number of fused-ring (bicyclic) bond motifs is 1. The molecule has 92 valence electrons. The van der Waals surface area contributed by atoms with E-state index in [9.17, 15) is 0 Å². The van der Waals surface area contributed by atoms with Crippen LogP contribution in [0.15, 0.2) is 24.3 Å². The highest BCUT2D eigenvalue weighted by Gasteiger charge is 2.23. The third-order valence-electron chi connectivity index (χ3n) is 3.57. The Balaban J connectivity index is 1.71. The molecule has 0 spiro atoms. The average Bonchev–Trinajstić information content (AvgIpc) is 2.40. The van der Waals surface area contributed by atoms with Crippen molar-refractivity contribution >= 4 is 11.8 Å². The standard InChI is InChI=1S/C14H19NOS/c1-2-6-13-11(4-1)8-16-9-14(13)15-12-5-3-7-17-10-12/h1-2,4,6,12,14-15H,3,5,7-10H2. The Bertz CT molecular complexity index is 376. The van der Waals surface area contributed by atoms with Crippen molar-refractivity contribution in [3.05, 3.63) is 35.4 Å². The maximum atomic E-state index is 5.68.